The van der Waals surface area contributed by atoms with Gasteiger partial charge in [-0.2, -0.15) is 5.26 Å². The van der Waals surface area contributed by atoms with Crippen molar-refractivity contribution in [3.8, 4) is 11.8 Å². The molecule has 0 saturated carbocycles. The van der Waals surface area contributed by atoms with Crippen molar-refractivity contribution in [1.29, 1.82) is 5.26 Å². The van der Waals surface area contributed by atoms with Gasteiger partial charge in [-0.1, -0.05) is 6.92 Å². The number of sulfone groups is 1. The molecule has 0 aromatic heterocycles. The number of hydrogen-bond acceptors (Lipinski definition) is 7. The molecule has 0 radical (unpaired) electrons. The molecule has 2 heterocycles. The Morgan fingerprint density at radius 1 is 1.17 bits per heavy atom. The number of nitrogens with two attached hydrogens (primary N) is 1. The summed E-state index contributed by atoms with van der Waals surface area (Å²) in [6.07, 6.45) is 0.733. The molecular weight excluding hydrogens is 388 g/mol. The maximum Gasteiger partial charge on any atom is 0.150 e. The average Bonchev–Trinajstić information content (AvgIpc) is 3.24. The Kier molecular flexibility index (Phi) is 7.52. The molecule has 2 fully saturated rings. The SMILES string of the molecule is CCS(=O)(=O)CCCN1CC2CN(CC(N)COc3ccc(C#N)cc3)CC2C1. The van der Waals surface area contributed by atoms with Gasteiger partial charge in [0.15, 0.2) is 0 Å². The Morgan fingerprint density at radius 2 is 1.79 bits per heavy atom. The van der Waals surface area contributed by atoms with Crippen molar-refractivity contribution in [2.75, 3.05) is 57.4 Å². The molecule has 160 valence electrons. The van der Waals surface area contributed by atoms with Crippen LogP contribution >= 0.6 is 0 Å². The first-order chi connectivity index (χ1) is 13.9. The van der Waals surface area contributed by atoms with Crippen LogP contribution in [0, 0.1) is 23.2 Å². The van der Waals surface area contributed by atoms with Crippen LogP contribution in [-0.2, 0) is 9.84 Å². The van der Waals surface area contributed by atoms with Crippen LogP contribution in [0.15, 0.2) is 24.3 Å². The molecule has 2 N–H and O–H groups in total. The summed E-state index contributed by atoms with van der Waals surface area (Å²) in [5.41, 5.74) is 6.89. The normalized spacial score (nSPS) is 23.6. The first-order valence-electron chi connectivity index (χ1n) is 10.4. The Bertz CT molecular complexity index is 792. The zero-order valence-corrected chi connectivity index (χ0v) is 18.0. The Labute approximate surface area is 174 Å². The zero-order valence-electron chi connectivity index (χ0n) is 17.2. The lowest BCUT2D eigenvalue weighted by molar-refractivity contribution is 0.214. The van der Waals surface area contributed by atoms with Crippen molar-refractivity contribution < 1.29 is 13.2 Å². The Balaban J connectivity index is 1.34. The van der Waals surface area contributed by atoms with Crippen LogP contribution in [0.4, 0.5) is 0 Å². The molecular formula is C21H32N4O3S. The van der Waals surface area contributed by atoms with E-state index < -0.39 is 9.84 Å². The first-order valence-corrected chi connectivity index (χ1v) is 12.2. The summed E-state index contributed by atoms with van der Waals surface area (Å²) < 4.78 is 29.0. The van der Waals surface area contributed by atoms with Gasteiger partial charge >= 0.3 is 0 Å². The van der Waals surface area contributed by atoms with E-state index >= 15 is 0 Å². The highest BCUT2D eigenvalue weighted by molar-refractivity contribution is 7.91. The molecule has 3 atom stereocenters. The fraction of sp³-hybridized carbons (Fsp3) is 0.667. The summed E-state index contributed by atoms with van der Waals surface area (Å²) in [5, 5.41) is 8.83. The average molecular weight is 421 g/mol. The van der Waals surface area contributed by atoms with Crippen LogP contribution in [0.3, 0.4) is 0 Å². The van der Waals surface area contributed by atoms with Gasteiger partial charge in [-0.3, -0.25) is 0 Å². The van der Waals surface area contributed by atoms with E-state index in [-0.39, 0.29) is 11.8 Å². The number of rotatable bonds is 10. The van der Waals surface area contributed by atoms with Crippen molar-refractivity contribution in [3.05, 3.63) is 29.8 Å². The minimum atomic E-state index is -2.86. The van der Waals surface area contributed by atoms with Crippen LogP contribution in [0.1, 0.15) is 18.9 Å². The third-order valence-corrected chi connectivity index (χ3v) is 7.74. The minimum absolute atomic E-state index is 0.0557. The molecule has 3 unspecified atom stereocenters. The number of likely N-dealkylation sites (tertiary alicyclic amines) is 2. The molecule has 8 heteroatoms. The lowest BCUT2D eigenvalue weighted by Crippen LogP contribution is -2.41. The van der Waals surface area contributed by atoms with Crippen molar-refractivity contribution in [1.82, 2.24) is 9.80 Å². The number of nitrogens with zero attached hydrogens (tertiary/aromatic N) is 3. The van der Waals surface area contributed by atoms with Gasteiger partial charge in [0.05, 0.1) is 23.4 Å². The smallest absolute Gasteiger partial charge is 0.150 e. The van der Waals surface area contributed by atoms with Gasteiger partial charge in [0.1, 0.15) is 22.2 Å². The fourth-order valence-corrected chi connectivity index (χ4v) is 5.24. The summed E-state index contributed by atoms with van der Waals surface area (Å²) in [6, 6.07) is 9.12. The van der Waals surface area contributed by atoms with Crippen molar-refractivity contribution >= 4 is 9.84 Å². The third kappa shape index (κ3) is 6.41. The van der Waals surface area contributed by atoms with Gasteiger partial charge < -0.3 is 20.3 Å². The largest absolute Gasteiger partial charge is 0.492 e. The molecule has 0 aliphatic carbocycles. The molecule has 0 spiro atoms. The molecule has 2 aliphatic heterocycles. The van der Waals surface area contributed by atoms with Crippen molar-refractivity contribution in [3.63, 3.8) is 0 Å². The van der Waals surface area contributed by atoms with Gasteiger partial charge in [0, 0.05) is 38.5 Å². The third-order valence-electron chi connectivity index (χ3n) is 5.95. The Hall–Kier alpha value is -1.66. The number of ether oxygens (including phenoxy) is 1. The summed E-state index contributed by atoms with van der Waals surface area (Å²) in [7, 11) is -2.86. The van der Waals surface area contributed by atoms with Crippen molar-refractivity contribution in [2.45, 2.75) is 19.4 Å². The summed E-state index contributed by atoms with van der Waals surface area (Å²) in [6.45, 7) is 8.09. The molecule has 7 nitrogen and oxygen atoms in total. The second-order valence-corrected chi connectivity index (χ2v) is 10.8. The second-order valence-electron chi connectivity index (χ2n) is 8.30. The molecule has 29 heavy (non-hydrogen) atoms. The van der Waals surface area contributed by atoms with Gasteiger partial charge in [-0.15, -0.1) is 0 Å². The lowest BCUT2D eigenvalue weighted by Gasteiger charge is -2.24. The molecule has 1 aromatic rings. The van der Waals surface area contributed by atoms with Crippen LogP contribution in [0.5, 0.6) is 5.75 Å². The summed E-state index contributed by atoms with van der Waals surface area (Å²) >= 11 is 0. The van der Waals surface area contributed by atoms with E-state index in [0.717, 1.165) is 51.4 Å². The Morgan fingerprint density at radius 3 is 2.38 bits per heavy atom. The van der Waals surface area contributed by atoms with Gasteiger partial charge in [0.25, 0.3) is 0 Å². The fourth-order valence-electron chi connectivity index (χ4n) is 4.38. The van der Waals surface area contributed by atoms with E-state index in [1.807, 2.05) is 0 Å². The second kappa shape index (κ2) is 9.90. The zero-order chi connectivity index (χ0) is 20.9. The summed E-state index contributed by atoms with van der Waals surface area (Å²) in [4.78, 5) is 4.85. The van der Waals surface area contributed by atoms with E-state index in [9.17, 15) is 8.42 Å². The number of nitriles is 1. The van der Waals surface area contributed by atoms with Crippen LogP contribution in [0.25, 0.3) is 0 Å². The van der Waals surface area contributed by atoms with E-state index in [1.165, 1.54) is 0 Å². The van der Waals surface area contributed by atoms with Crippen LogP contribution in [0.2, 0.25) is 0 Å². The molecule has 2 aliphatic rings. The van der Waals surface area contributed by atoms with Crippen LogP contribution < -0.4 is 10.5 Å². The van der Waals surface area contributed by atoms with Gasteiger partial charge in [0.2, 0.25) is 0 Å². The molecule has 1 aromatic carbocycles. The first kappa shape index (κ1) is 22.0. The highest BCUT2D eigenvalue weighted by Gasteiger charge is 2.39. The number of benzene rings is 1. The van der Waals surface area contributed by atoms with E-state index in [2.05, 4.69) is 15.9 Å². The molecule has 2 saturated heterocycles. The number of fused-ring (bicyclic) bond motifs is 1. The summed E-state index contributed by atoms with van der Waals surface area (Å²) in [5.74, 6) is 2.59. The van der Waals surface area contributed by atoms with E-state index in [4.69, 9.17) is 15.7 Å². The quantitative estimate of drug-likeness (QED) is 0.602. The highest BCUT2D eigenvalue weighted by atomic mass is 32.2. The standard InChI is InChI=1S/C21H32N4O3S/c1-2-29(26,27)9-3-8-24-11-18-13-25(14-19(18)12-24)15-20(23)16-28-21-6-4-17(10-22)5-7-21/h4-7,18-20H,2-3,8-9,11-16,23H2,1H3. The molecule has 0 amide bonds. The molecule has 3 rings (SSSR count). The maximum absolute atomic E-state index is 11.6. The molecule has 0 bridgehead atoms. The van der Waals surface area contributed by atoms with E-state index in [0.29, 0.717) is 29.8 Å². The minimum Gasteiger partial charge on any atom is -0.492 e. The number of hydrogen-bond donors (Lipinski definition) is 1. The van der Waals surface area contributed by atoms with Gasteiger partial charge in [-0.05, 0) is 49.1 Å². The highest BCUT2D eigenvalue weighted by Crippen LogP contribution is 2.31. The lowest BCUT2D eigenvalue weighted by atomic mass is 10.0. The topological polar surface area (TPSA) is 99.7 Å². The van der Waals surface area contributed by atoms with E-state index in [1.54, 1.807) is 31.2 Å². The monoisotopic (exact) mass is 420 g/mol. The van der Waals surface area contributed by atoms with Gasteiger partial charge in [-0.25, -0.2) is 8.42 Å². The van der Waals surface area contributed by atoms with Crippen molar-refractivity contribution in [2.24, 2.45) is 17.6 Å². The van der Waals surface area contributed by atoms with Crippen LogP contribution in [-0.4, -0.2) is 81.6 Å². The maximum atomic E-state index is 11.6. The predicted molar refractivity (Wildman–Crippen MR) is 113 cm³/mol. The predicted octanol–water partition coefficient (Wildman–Crippen LogP) is 0.953.